The molecule has 3 N–H and O–H groups in total. The van der Waals surface area contributed by atoms with Gasteiger partial charge in [-0.05, 0) is 45.4 Å². The Balaban J connectivity index is 3.36. The number of benzene rings is 1. The number of nitrogens with two attached hydrogens (primary N) is 1. The van der Waals surface area contributed by atoms with E-state index in [0.717, 1.165) is 11.1 Å². The zero-order valence-electron chi connectivity index (χ0n) is 13.4. The van der Waals surface area contributed by atoms with Gasteiger partial charge in [0.25, 0.3) is 0 Å². The van der Waals surface area contributed by atoms with Crippen molar-refractivity contribution in [3.8, 4) is 17.2 Å². The Hall–Kier alpha value is -1.72. The second-order valence-electron chi connectivity index (χ2n) is 4.59. The first-order valence-corrected chi connectivity index (χ1v) is 7.26. The molecular weight excluding hydrogens is 268 g/mol. The van der Waals surface area contributed by atoms with Gasteiger partial charge < -0.3 is 14.2 Å². The van der Waals surface area contributed by atoms with E-state index in [1.54, 1.807) is 0 Å². The summed E-state index contributed by atoms with van der Waals surface area (Å²) in [5.74, 6) is 7.56. The second-order valence-corrected chi connectivity index (χ2v) is 4.59. The SMILES string of the molecule is C=C(C)C(NN)c1cc(OCC)c(OCC)c(OCC)c1. The highest BCUT2D eigenvalue weighted by Crippen LogP contribution is 2.41. The fraction of sp³-hybridized carbons (Fsp3) is 0.500. The van der Waals surface area contributed by atoms with Crippen LogP contribution >= 0.6 is 0 Å². The Morgan fingerprint density at radius 2 is 1.57 bits per heavy atom. The third-order valence-corrected chi connectivity index (χ3v) is 2.92. The smallest absolute Gasteiger partial charge is 0.203 e. The van der Waals surface area contributed by atoms with Gasteiger partial charge in [0.15, 0.2) is 11.5 Å². The summed E-state index contributed by atoms with van der Waals surface area (Å²) >= 11 is 0. The van der Waals surface area contributed by atoms with Crippen molar-refractivity contribution in [3.63, 3.8) is 0 Å². The minimum atomic E-state index is -0.168. The summed E-state index contributed by atoms with van der Waals surface area (Å²) in [6.45, 7) is 13.3. The molecule has 118 valence electrons. The lowest BCUT2D eigenvalue weighted by molar-refractivity contribution is 0.260. The third-order valence-electron chi connectivity index (χ3n) is 2.92. The first kappa shape index (κ1) is 17.3. The number of ether oxygens (including phenoxy) is 3. The molecule has 0 aromatic heterocycles. The van der Waals surface area contributed by atoms with Crippen molar-refractivity contribution < 1.29 is 14.2 Å². The van der Waals surface area contributed by atoms with Crippen LogP contribution < -0.4 is 25.5 Å². The lowest BCUT2D eigenvalue weighted by Crippen LogP contribution is -2.28. The van der Waals surface area contributed by atoms with Crippen LogP contribution in [0.15, 0.2) is 24.3 Å². The van der Waals surface area contributed by atoms with Crippen LogP contribution in [0.4, 0.5) is 0 Å². The van der Waals surface area contributed by atoms with Gasteiger partial charge in [-0.1, -0.05) is 12.2 Å². The molecule has 0 aliphatic rings. The predicted molar refractivity (Wildman–Crippen MR) is 84.8 cm³/mol. The zero-order valence-corrected chi connectivity index (χ0v) is 13.4. The molecule has 1 unspecified atom stereocenters. The van der Waals surface area contributed by atoms with Crippen molar-refractivity contribution in [3.05, 3.63) is 29.8 Å². The van der Waals surface area contributed by atoms with Crippen LogP contribution in [0, 0.1) is 0 Å². The summed E-state index contributed by atoms with van der Waals surface area (Å²) in [6.07, 6.45) is 0. The molecule has 5 nitrogen and oxygen atoms in total. The first-order chi connectivity index (χ1) is 10.1. The fourth-order valence-corrected chi connectivity index (χ4v) is 2.10. The van der Waals surface area contributed by atoms with E-state index in [-0.39, 0.29) is 6.04 Å². The van der Waals surface area contributed by atoms with E-state index in [4.69, 9.17) is 20.1 Å². The van der Waals surface area contributed by atoms with E-state index in [0.29, 0.717) is 37.1 Å². The van der Waals surface area contributed by atoms with Crippen LogP contribution in [0.3, 0.4) is 0 Å². The standard InChI is InChI=1S/C16H26N2O3/c1-6-19-13-9-12(15(18-17)11(4)5)10-14(20-7-2)16(13)21-8-3/h9-10,15,18H,4,6-8,17H2,1-3,5H3. The highest BCUT2D eigenvalue weighted by Gasteiger charge is 2.19. The quantitative estimate of drug-likeness (QED) is 0.416. The van der Waals surface area contributed by atoms with E-state index in [1.165, 1.54) is 0 Å². The molecule has 0 bridgehead atoms. The molecular formula is C16H26N2O3. The molecule has 0 fully saturated rings. The molecule has 21 heavy (non-hydrogen) atoms. The van der Waals surface area contributed by atoms with Gasteiger partial charge in [-0.3, -0.25) is 5.84 Å². The van der Waals surface area contributed by atoms with E-state index in [9.17, 15) is 0 Å². The molecule has 0 aliphatic heterocycles. The van der Waals surface area contributed by atoms with Crippen LogP contribution in [0.2, 0.25) is 0 Å². The fourth-order valence-electron chi connectivity index (χ4n) is 2.10. The molecule has 0 saturated carbocycles. The summed E-state index contributed by atoms with van der Waals surface area (Å²) in [5.41, 5.74) is 4.60. The van der Waals surface area contributed by atoms with Crippen molar-refractivity contribution in [2.45, 2.75) is 33.7 Å². The maximum Gasteiger partial charge on any atom is 0.203 e. The predicted octanol–water partition coefficient (Wildman–Crippen LogP) is 2.96. The normalized spacial score (nSPS) is 11.9. The molecule has 0 heterocycles. The molecule has 0 spiro atoms. The number of hydrogen-bond acceptors (Lipinski definition) is 5. The van der Waals surface area contributed by atoms with E-state index in [2.05, 4.69) is 12.0 Å². The summed E-state index contributed by atoms with van der Waals surface area (Å²) in [4.78, 5) is 0. The van der Waals surface area contributed by atoms with E-state index >= 15 is 0 Å². The number of rotatable bonds is 9. The van der Waals surface area contributed by atoms with Crippen LogP contribution in [0.1, 0.15) is 39.3 Å². The van der Waals surface area contributed by atoms with Gasteiger partial charge in [-0.25, -0.2) is 5.43 Å². The summed E-state index contributed by atoms with van der Waals surface area (Å²) < 4.78 is 17.1. The van der Waals surface area contributed by atoms with Gasteiger partial charge in [0.1, 0.15) is 0 Å². The second kappa shape index (κ2) is 8.54. The van der Waals surface area contributed by atoms with Gasteiger partial charge >= 0.3 is 0 Å². The lowest BCUT2D eigenvalue weighted by Gasteiger charge is -2.21. The van der Waals surface area contributed by atoms with Gasteiger partial charge in [-0.2, -0.15) is 0 Å². The highest BCUT2D eigenvalue weighted by atomic mass is 16.5. The van der Waals surface area contributed by atoms with Crippen molar-refractivity contribution in [1.82, 2.24) is 5.43 Å². The molecule has 1 aromatic carbocycles. The molecule has 0 saturated heterocycles. The maximum absolute atomic E-state index is 5.69. The van der Waals surface area contributed by atoms with Crippen molar-refractivity contribution >= 4 is 0 Å². The molecule has 1 aromatic rings. The molecule has 5 heteroatoms. The van der Waals surface area contributed by atoms with Gasteiger partial charge in [0, 0.05) is 0 Å². The van der Waals surface area contributed by atoms with Crippen LogP contribution in [0.5, 0.6) is 17.2 Å². The van der Waals surface area contributed by atoms with Crippen molar-refractivity contribution in [1.29, 1.82) is 0 Å². The summed E-state index contributed by atoms with van der Waals surface area (Å²) in [5, 5.41) is 0. The minimum Gasteiger partial charge on any atom is -0.490 e. The Labute approximate surface area is 127 Å². The van der Waals surface area contributed by atoms with Crippen molar-refractivity contribution in [2.24, 2.45) is 5.84 Å². The Morgan fingerprint density at radius 1 is 1.10 bits per heavy atom. The van der Waals surface area contributed by atoms with Crippen LogP contribution in [0.25, 0.3) is 0 Å². The third kappa shape index (κ3) is 4.37. The summed E-state index contributed by atoms with van der Waals surface area (Å²) in [6, 6.07) is 3.66. The Kier molecular flexibility index (Phi) is 7.05. The zero-order chi connectivity index (χ0) is 15.8. The largest absolute Gasteiger partial charge is 0.490 e. The maximum atomic E-state index is 5.69. The minimum absolute atomic E-state index is 0.168. The molecule has 0 radical (unpaired) electrons. The van der Waals surface area contributed by atoms with E-state index in [1.807, 2.05) is 39.8 Å². The topological polar surface area (TPSA) is 65.7 Å². The van der Waals surface area contributed by atoms with Gasteiger partial charge in [0.2, 0.25) is 5.75 Å². The Morgan fingerprint density at radius 3 is 1.90 bits per heavy atom. The molecule has 1 atom stereocenters. The highest BCUT2D eigenvalue weighted by molar-refractivity contribution is 5.55. The van der Waals surface area contributed by atoms with E-state index < -0.39 is 0 Å². The summed E-state index contributed by atoms with van der Waals surface area (Å²) in [7, 11) is 0. The Bertz CT molecular complexity index is 448. The van der Waals surface area contributed by atoms with Crippen molar-refractivity contribution in [2.75, 3.05) is 19.8 Å². The van der Waals surface area contributed by atoms with Gasteiger partial charge in [0.05, 0.1) is 25.9 Å². The lowest BCUT2D eigenvalue weighted by atomic mass is 10.0. The number of hydrogen-bond donors (Lipinski definition) is 2. The number of hydrazine groups is 1. The molecule has 1 rings (SSSR count). The molecule has 0 amide bonds. The van der Waals surface area contributed by atoms with Crippen LogP contribution in [-0.4, -0.2) is 19.8 Å². The first-order valence-electron chi connectivity index (χ1n) is 7.26. The number of nitrogens with one attached hydrogen (secondary N) is 1. The molecule has 0 aliphatic carbocycles. The average molecular weight is 294 g/mol. The van der Waals surface area contributed by atoms with Gasteiger partial charge in [-0.15, -0.1) is 0 Å². The monoisotopic (exact) mass is 294 g/mol. The average Bonchev–Trinajstić information content (AvgIpc) is 2.43. The van der Waals surface area contributed by atoms with Crippen LogP contribution in [-0.2, 0) is 0 Å².